The minimum absolute atomic E-state index is 0.0172. The molecule has 0 atom stereocenters. The molecule has 0 aliphatic rings. The molecule has 3 rings (SSSR count). The van der Waals surface area contributed by atoms with Gasteiger partial charge in [-0.05, 0) is 36.8 Å². The average molecular weight is 335 g/mol. The lowest BCUT2D eigenvalue weighted by atomic mass is 10.2. The molecule has 128 valence electrons. The second-order valence-corrected chi connectivity index (χ2v) is 5.67. The predicted octanol–water partition coefficient (Wildman–Crippen LogP) is 3.95. The molecule has 0 saturated carbocycles. The second kappa shape index (κ2) is 8.15. The third-order valence-electron chi connectivity index (χ3n) is 3.92. The highest BCUT2D eigenvalue weighted by atomic mass is 16.3. The first kappa shape index (κ1) is 16.8. The highest BCUT2D eigenvalue weighted by molar-refractivity contribution is 5.94. The summed E-state index contributed by atoms with van der Waals surface area (Å²) >= 11 is 0. The molecule has 1 amide bonds. The Labute approximate surface area is 147 Å². The van der Waals surface area contributed by atoms with Crippen molar-refractivity contribution in [3.63, 3.8) is 0 Å². The predicted molar refractivity (Wildman–Crippen MR) is 97.1 cm³/mol. The molecular formula is C20H21N3O2. The number of hydrogen-bond acceptors (Lipinski definition) is 4. The Morgan fingerprint density at radius 3 is 2.60 bits per heavy atom. The lowest BCUT2D eigenvalue weighted by molar-refractivity contribution is 0.0752. The number of aromatic nitrogens is 1. The fourth-order valence-corrected chi connectivity index (χ4v) is 2.53. The van der Waals surface area contributed by atoms with Gasteiger partial charge in [0, 0.05) is 19.3 Å². The van der Waals surface area contributed by atoms with E-state index in [4.69, 9.17) is 4.42 Å². The summed E-state index contributed by atoms with van der Waals surface area (Å²) in [5.74, 6) is 1.53. The van der Waals surface area contributed by atoms with E-state index in [0.717, 1.165) is 11.3 Å². The van der Waals surface area contributed by atoms with E-state index >= 15 is 0 Å². The summed E-state index contributed by atoms with van der Waals surface area (Å²) in [7, 11) is 0. The van der Waals surface area contributed by atoms with Crippen molar-refractivity contribution in [2.45, 2.75) is 20.0 Å². The molecule has 5 heteroatoms. The smallest absolute Gasteiger partial charge is 0.255 e. The molecule has 0 bridgehead atoms. The summed E-state index contributed by atoms with van der Waals surface area (Å²) in [5.41, 5.74) is 1.70. The van der Waals surface area contributed by atoms with Crippen LogP contribution in [0.1, 0.15) is 28.6 Å². The molecule has 0 aliphatic heterocycles. The van der Waals surface area contributed by atoms with Crippen LogP contribution in [-0.4, -0.2) is 22.3 Å². The Balaban J connectivity index is 1.62. The molecule has 3 aromatic rings. The zero-order valence-electron chi connectivity index (χ0n) is 14.2. The Morgan fingerprint density at radius 1 is 1.12 bits per heavy atom. The highest BCUT2D eigenvalue weighted by Crippen LogP contribution is 2.12. The van der Waals surface area contributed by atoms with E-state index in [0.29, 0.717) is 31.0 Å². The van der Waals surface area contributed by atoms with Crippen LogP contribution in [0.25, 0.3) is 0 Å². The van der Waals surface area contributed by atoms with Crippen LogP contribution in [0.5, 0.6) is 0 Å². The fourth-order valence-electron chi connectivity index (χ4n) is 2.53. The summed E-state index contributed by atoms with van der Waals surface area (Å²) < 4.78 is 5.27. The molecule has 0 spiro atoms. The fraction of sp³-hybridized carbons (Fsp3) is 0.200. The second-order valence-electron chi connectivity index (χ2n) is 5.67. The van der Waals surface area contributed by atoms with Crippen LogP contribution in [0.4, 0.5) is 5.82 Å². The first-order valence-electron chi connectivity index (χ1n) is 8.31. The highest BCUT2D eigenvalue weighted by Gasteiger charge is 2.15. The van der Waals surface area contributed by atoms with Gasteiger partial charge in [0.05, 0.1) is 18.4 Å². The maximum absolute atomic E-state index is 12.7. The van der Waals surface area contributed by atoms with Crippen LogP contribution in [0.2, 0.25) is 0 Å². The molecule has 0 aliphatic carbocycles. The first-order chi connectivity index (χ1) is 12.3. The van der Waals surface area contributed by atoms with Crippen molar-refractivity contribution in [2.24, 2.45) is 0 Å². The Hall–Kier alpha value is -3.08. The van der Waals surface area contributed by atoms with Crippen molar-refractivity contribution < 1.29 is 9.21 Å². The van der Waals surface area contributed by atoms with Crippen LogP contribution >= 0.6 is 0 Å². The van der Waals surface area contributed by atoms with E-state index in [-0.39, 0.29) is 5.91 Å². The van der Waals surface area contributed by atoms with Crippen LogP contribution < -0.4 is 5.32 Å². The van der Waals surface area contributed by atoms with Crippen LogP contribution in [-0.2, 0) is 13.1 Å². The van der Waals surface area contributed by atoms with Gasteiger partial charge in [-0.15, -0.1) is 0 Å². The molecule has 0 unspecified atom stereocenters. The molecule has 0 radical (unpaired) electrons. The van der Waals surface area contributed by atoms with E-state index in [1.165, 1.54) is 0 Å². The normalized spacial score (nSPS) is 10.4. The van der Waals surface area contributed by atoms with Gasteiger partial charge in [0.1, 0.15) is 11.6 Å². The quantitative estimate of drug-likeness (QED) is 0.710. The number of benzene rings is 1. The molecule has 5 nitrogen and oxygen atoms in total. The summed E-state index contributed by atoms with van der Waals surface area (Å²) in [4.78, 5) is 18.8. The van der Waals surface area contributed by atoms with Gasteiger partial charge in [-0.1, -0.05) is 30.3 Å². The van der Waals surface area contributed by atoms with Gasteiger partial charge in [-0.3, -0.25) is 4.79 Å². The Kier molecular flexibility index (Phi) is 5.46. The Morgan fingerprint density at radius 2 is 1.96 bits per heavy atom. The van der Waals surface area contributed by atoms with Crippen molar-refractivity contribution in [1.82, 2.24) is 9.88 Å². The van der Waals surface area contributed by atoms with Crippen molar-refractivity contribution in [3.05, 3.63) is 83.9 Å². The molecule has 2 heterocycles. The van der Waals surface area contributed by atoms with Gasteiger partial charge in [0.25, 0.3) is 5.91 Å². The van der Waals surface area contributed by atoms with Crippen molar-refractivity contribution in [1.29, 1.82) is 0 Å². The summed E-state index contributed by atoms with van der Waals surface area (Å²) in [6, 6.07) is 17.3. The molecular weight excluding hydrogens is 314 g/mol. The zero-order valence-corrected chi connectivity index (χ0v) is 14.2. The topological polar surface area (TPSA) is 58.4 Å². The number of furan rings is 1. The number of amides is 1. The summed E-state index contributed by atoms with van der Waals surface area (Å²) in [5, 5.41) is 3.17. The van der Waals surface area contributed by atoms with Crippen LogP contribution in [0.15, 0.2) is 71.5 Å². The average Bonchev–Trinajstić information content (AvgIpc) is 3.19. The largest absolute Gasteiger partial charge is 0.467 e. The maximum Gasteiger partial charge on any atom is 0.255 e. The molecule has 1 aromatic carbocycles. The standard InChI is InChI=1S/C20H21N3O2/c1-2-23(15-16-7-4-3-5-8-16)20(24)17-10-11-19(21-13-17)22-14-18-9-6-12-25-18/h3-13H,2,14-15H2,1H3,(H,21,22). The van der Waals surface area contributed by atoms with Gasteiger partial charge < -0.3 is 14.6 Å². The van der Waals surface area contributed by atoms with Crippen molar-refractivity contribution in [2.75, 3.05) is 11.9 Å². The zero-order chi connectivity index (χ0) is 17.5. The first-order valence-corrected chi connectivity index (χ1v) is 8.31. The number of nitrogens with one attached hydrogen (secondary N) is 1. The minimum atomic E-state index is -0.0172. The number of carbonyl (C=O) groups is 1. The maximum atomic E-state index is 12.7. The number of rotatable bonds is 7. The molecule has 2 aromatic heterocycles. The number of hydrogen-bond donors (Lipinski definition) is 1. The van der Waals surface area contributed by atoms with Gasteiger partial charge in [-0.25, -0.2) is 4.98 Å². The SMILES string of the molecule is CCN(Cc1ccccc1)C(=O)c1ccc(NCc2ccco2)nc1. The van der Waals surface area contributed by atoms with E-state index < -0.39 is 0 Å². The number of carbonyl (C=O) groups excluding carboxylic acids is 1. The van der Waals surface area contributed by atoms with Gasteiger partial charge in [0.15, 0.2) is 0 Å². The summed E-state index contributed by atoms with van der Waals surface area (Å²) in [6.45, 7) is 3.77. The lowest BCUT2D eigenvalue weighted by Gasteiger charge is -2.21. The van der Waals surface area contributed by atoms with E-state index in [9.17, 15) is 4.79 Å². The van der Waals surface area contributed by atoms with Crippen molar-refractivity contribution in [3.8, 4) is 0 Å². The number of anilines is 1. The van der Waals surface area contributed by atoms with Crippen LogP contribution in [0, 0.1) is 0 Å². The van der Waals surface area contributed by atoms with Crippen molar-refractivity contribution >= 4 is 11.7 Å². The molecule has 1 N–H and O–H groups in total. The lowest BCUT2D eigenvalue weighted by Crippen LogP contribution is -2.30. The molecule has 25 heavy (non-hydrogen) atoms. The van der Waals surface area contributed by atoms with Crippen LogP contribution in [0.3, 0.4) is 0 Å². The molecule has 0 saturated heterocycles. The van der Waals surface area contributed by atoms with Gasteiger partial charge in [0.2, 0.25) is 0 Å². The Bertz CT molecular complexity index is 784. The van der Waals surface area contributed by atoms with Gasteiger partial charge in [-0.2, -0.15) is 0 Å². The third kappa shape index (κ3) is 4.47. The van der Waals surface area contributed by atoms with E-state index in [1.807, 2.05) is 60.4 Å². The minimum Gasteiger partial charge on any atom is -0.467 e. The number of pyridine rings is 1. The summed E-state index contributed by atoms with van der Waals surface area (Å²) in [6.07, 6.45) is 3.25. The monoisotopic (exact) mass is 335 g/mol. The number of nitrogens with zero attached hydrogens (tertiary/aromatic N) is 2. The molecule has 0 fully saturated rings. The van der Waals surface area contributed by atoms with Gasteiger partial charge >= 0.3 is 0 Å². The van der Waals surface area contributed by atoms with E-state index in [1.54, 1.807) is 18.5 Å². The van der Waals surface area contributed by atoms with E-state index in [2.05, 4.69) is 10.3 Å². The third-order valence-corrected chi connectivity index (χ3v) is 3.92.